The first-order valence-electron chi connectivity index (χ1n) is 12.7. The lowest BCUT2D eigenvalue weighted by atomic mass is 9.92. The number of nitrogens with zero attached hydrogens (tertiary/aromatic N) is 5. The highest BCUT2D eigenvalue weighted by Gasteiger charge is 2.32. The number of H-pyrrole nitrogens is 1. The number of imidazole rings is 1. The number of benzene rings is 2. The van der Waals surface area contributed by atoms with Crippen LogP contribution in [0.15, 0.2) is 60.9 Å². The van der Waals surface area contributed by atoms with Crippen molar-refractivity contribution in [3.63, 3.8) is 0 Å². The Bertz CT molecular complexity index is 1600. The number of hydrogen-bond donors (Lipinski definition) is 3. The van der Waals surface area contributed by atoms with Crippen LogP contribution in [0.2, 0.25) is 0 Å². The van der Waals surface area contributed by atoms with Crippen molar-refractivity contribution in [3.05, 3.63) is 77.9 Å². The van der Waals surface area contributed by atoms with Crippen LogP contribution < -0.4 is 15.4 Å². The van der Waals surface area contributed by atoms with Crippen molar-refractivity contribution in [2.24, 2.45) is 0 Å². The van der Waals surface area contributed by atoms with E-state index in [0.29, 0.717) is 18.5 Å². The molecule has 0 atom stereocenters. The molecule has 0 aliphatic carbocycles. The number of halogens is 3. The van der Waals surface area contributed by atoms with Crippen LogP contribution >= 0.6 is 0 Å². The van der Waals surface area contributed by atoms with Crippen molar-refractivity contribution < 1.29 is 17.9 Å². The molecule has 0 aliphatic heterocycles. The molecule has 208 valence electrons. The zero-order valence-electron chi connectivity index (χ0n) is 22.5. The monoisotopic (exact) mass is 550 g/mol. The Hall–Kier alpha value is -4.61. The van der Waals surface area contributed by atoms with Gasteiger partial charge in [0.2, 0.25) is 11.8 Å². The molecular formula is C28H29F3N8O. The summed E-state index contributed by atoms with van der Waals surface area (Å²) in [6.45, 7) is 9.69. The van der Waals surface area contributed by atoms with Gasteiger partial charge in [0.25, 0.3) is 0 Å². The first-order valence-corrected chi connectivity index (χ1v) is 12.7. The molecule has 0 saturated heterocycles. The quantitative estimate of drug-likeness (QED) is 0.190. The number of aromatic amines is 1. The van der Waals surface area contributed by atoms with Gasteiger partial charge in [0.1, 0.15) is 5.75 Å². The lowest BCUT2D eigenvalue weighted by Gasteiger charge is -2.14. The van der Waals surface area contributed by atoms with Gasteiger partial charge in [0.05, 0.1) is 23.4 Å². The number of aromatic nitrogens is 6. The van der Waals surface area contributed by atoms with E-state index in [0.717, 1.165) is 52.5 Å². The molecule has 0 unspecified atom stereocenters. The number of nitrogens with one attached hydrogen (secondary N) is 3. The van der Waals surface area contributed by atoms with Crippen molar-refractivity contribution in [2.75, 3.05) is 10.6 Å². The van der Waals surface area contributed by atoms with Crippen LogP contribution in [0.4, 0.5) is 30.6 Å². The average molecular weight is 551 g/mol. The highest BCUT2D eigenvalue weighted by atomic mass is 19.4. The number of anilines is 3. The third kappa shape index (κ3) is 6.00. The number of ether oxygens (including phenoxy) is 1. The molecule has 0 saturated carbocycles. The lowest BCUT2D eigenvalue weighted by Crippen LogP contribution is -2.11. The van der Waals surface area contributed by atoms with Crippen molar-refractivity contribution in [1.29, 1.82) is 0 Å². The summed E-state index contributed by atoms with van der Waals surface area (Å²) in [5.41, 5.74) is 3.70. The third-order valence-electron chi connectivity index (χ3n) is 6.24. The summed E-state index contributed by atoms with van der Waals surface area (Å²) >= 11 is 0. The number of aryl methyl sites for hydroxylation is 1. The Kier molecular flexibility index (Phi) is 7.09. The number of fused-ring (bicyclic) bond motifs is 1. The predicted molar refractivity (Wildman–Crippen MR) is 147 cm³/mol. The van der Waals surface area contributed by atoms with Crippen LogP contribution in [-0.2, 0) is 24.7 Å². The van der Waals surface area contributed by atoms with E-state index in [-0.39, 0.29) is 11.3 Å². The molecule has 0 bridgehead atoms. The van der Waals surface area contributed by atoms with Crippen molar-refractivity contribution >= 4 is 28.5 Å². The van der Waals surface area contributed by atoms with Gasteiger partial charge in [-0.05, 0) is 42.8 Å². The summed E-state index contributed by atoms with van der Waals surface area (Å²) in [4.78, 5) is 11.8. The molecule has 40 heavy (non-hydrogen) atoms. The normalized spacial score (nSPS) is 12.1. The second kappa shape index (κ2) is 10.5. The largest absolute Gasteiger partial charge is 0.438 e. The van der Waals surface area contributed by atoms with E-state index < -0.39 is 11.9 Å². The minimum absolute atomic E-state index is 0.0214. The molecule has 0 spiro atoms. The van der Waals surface area contributed by atoms with Crippen LogP contribution in [0.25, 0.3) is 11.0 Å². The summed E-state index contributed by atoms with van der Waals surface area (Å²) < 4.78 is 45.6. The second-order valence-electron chi connectivity index (χ2n) is 10.3. The number of rotatable bonds is 8. The third-order valence-corrected chi connectivity index (χ3v) is 6.24. The Morgan fingerprint density at radius 1 is 0.975 bits per heavy atom. The topological polar surface area (TPSA) is 106 Å². The molecule has 12 heteroatoms. The fourth-order valence-corrected chi connectivity index (χ4v) is 4.07. The molecule has 3 N–H and O–H groups in total. The first-order chi connectivity index (χ1) is 19.0. The highest BCUT2D eigenvalue weighted by Crippen LogP contribution is 2.29. The maximum absolute atomic E-state index is 12.7. The van der Waals surface area contributed by atoms with Crippen LogP contribution in [0, 0.1) is 0 Å². The van der Waals surface area contributed by atoms with Gasteiger partial charge in [0, 0.05) is 36.0 Å². The molecule has 0 fully saturated rings. The molecule has 2 aromatic carbocycles. The lowest BCUT2D eigenvalue weighted by molar-refractivity contribution is -0.141. The molecule has 0 amide bonds. The first kappa shape index (κ1) is 27.0. The van der Waals surface area contributed by atoms with E-state index in [1.165, 1.54) is 0 Å². The standard InChI is InChI=1S/C28H29F3N8O/c1-5-39-21-12-18(35-24-13-22(37-38-24)27(2,3)4)8-11-20(21)36-26(39)34-14-17-6-9-19(10-7-17)40-25-16-32-23(15-33-25)28(29,30)31/h6-13,15-16H,5,14H2,1-4H3,(H,34,36)(H2,35,37,38). The smallest absolute Gasteiger partial charge is 0.434 e. The van der Waals surface area contributed by atoms with Gasteiger partial charge < -0.3 is 19.9 Å². The zero-order valence-corrected chi connectivity index (χ0v) is 22.5. The molecule has 3 aromatic heterocycles. The predicted octanol–water partition coefficient (Wildman–Crippen LogP) is 7.03. The SMILES string of the molecule is CCn1c(NCc2ccc(Oc3cnc(C(F)(F)F)cn3)cc2)nc2ccc(Nc3cc(C(C)(C)C)[nH]n3)cc21. The maximum atomic E-state index is 12.7. The minimum Gasteiger partial charge on any atom is -0.438 e. The Morgan fingerprint density at radius 2 is 1.75 bits per heavy atom. The van der Waals surface area contributed by atoms with Crippen LogP contribution in [-0.4, -0.2) is 29.7 Å². The maximum Gasteiger partial charge on any atom is 0.434 e. The molecule has 0 aliphatic rings. The van der Waals surface area contributed by atoms with Gasteiger partial charge >= 0.3 is 6.18 Å². The zero-order chi connectivity index (χ0) is 28.5. The van der Waals surface area contributed by atoms with E-state index in [9.17, 15) is 13.2 Å². The fraction of sp³-hybridized carbons (Fsp3) is 0.286. The van der Waals surface area contributed by atoms with Crippen LogP contribution in [0.3, 0.4) is 0 Å². The van der Waals surface area contributed by atoms with Gasteiger partial charge in [-0.2, -0.15) is 18.3 Å². The van der Waals surface area contributed by atoms with E-state index >= 15 is 0 Å². The molecular weight excluding hydrogens is 521 g/mol. The summed E-state index contributed by atoms with van der Waals surface area (Å²) in [7, 11) is 0. The second-order valence-corrected chi connectivity index (χ2v) is 10.3. The molecule has 3 heterocycles. The number of alkyl halides is 3. The van der Waals surface area contributed by atoms with E-state index in [2.05, 4.69) is 69.1 Å². The molecule has 9 nitrogen and oxygen atoms in total. The Labute approximate surface area is 228 Å². The van der Waals surface area contributed by atoms with Gasteiger partial charge in [-0.1, -0.05) is 32.9 Å². The summed E-state index contributed by atoms with van der Waals surface area (Å²) in [5.74, 6) is 1.91. The number of hydrogen-bond acceptors (Lipinski definition) is 7. The van der Waals surface area contributed by atoms with Crippen LogP contribution in [0.1, 0.15) is 44.6 Å². The van der Waals surface area contributed by atoms with E-state index in [1.54, 1.807) is 12.1 Å². The van der Waals surface area contributed by atoms with Gasteiger partial charge in [0.15, 0.2) is 11.5 Å². The van der Waals surface area contributed by atoms with Crippen molar-refractivity contribution in [1.82, 2.24) is 29.7 Å². The van der Waals surface area contributed by atoms with Crippen molar-refractivity contribution in [2.45, 2.75) is 52.4 Å². The van der Waals surface area contributed by atoms with Crippen LogP contribution in [0.5, 0.6) is 11.6 Å². The summed E-state index contributed by atoms with van der Waals surface area (Å²) in [6, 6.07) is 15.2. The van der Waals surface area contributed by atoms with E-state index in [4.69, 9.17) is 9.72 Å². The molecule has 5 aromatic rings. The molecule has 0 radical (unpaired) electrons. The Balaban J connectivity index is 1.24. The molecule has 5 rings (SSSR count). The van der Waals surface area contributed by atoms with Gasteiger partial charge in [-0.15, -0.1) is 0 Å². The summed E-state index contributed by atoms with van der Waals surface area (Å²) in [5, 5.41) is 14.2. The summed E-state index contributed by atoms with van der Waals surface area (Å²) in [6.07, 6.45) is -2.95. The minimum atomic E-state index is -4.55. The van der Waals surface area contributed by atoms with E-state index in [1.807, 2.05) is 30.3 Å². The van der Waals surface area contributed by atoms with Gasteiger partial charge in [-0.3, -0.25) is 5.10 Å². The Morgan fingerprint density at radius 3 is 2.38 bits per heavy atom. The fourth-order valence-electron chi connectivity index (χ4n) is 4.07. The average Bonchev–Trinajstić information content (AvgIpc) is 3.52. The van der Waals surface area contributed by atoms with Crippen molar-refractivity contribution in [3.8, 4) is 11.6 Å². The van der Waals surface area contributed by atoms with Gasteiger partial charge in [-0.25, -0.2) is 15.0 Å². The highest BCUT2D eigenvalue weighted by molar-refractivity contribution is 5.83.